The SMILES string of the molecule is CC/C(=C\C(=O)N1CCC[C@@H](N2CCNC2=O)C1)c1ccc(C)cc1. The third-order valence-electron chi connectivity index (χ3n) is 5.14. The molecule has 2 fully saturated rings. The summed E-state index contributed by atoms with van der Waals surface area (Å²) in [7, 11) is 0. The topological polar surface area (TPSA) is 52.7 Å². The van der Waals surface area contributed by atoms with Gasteiger partial charge in [0.2, 0.25) is 5.91 Å². The minimum atomic E-state index is 0.00347. The third-order valence-corrected chi connectivity index (χ3v) is 5.14. The fourth-order valence-electron chi connectivity index (χ4n) is 3.64. The summed E-state index contributed by atoms with van der Waals surface area (Å²) >= 11 is 0. The van der Waals surface area contributed by atoms with Crippen LogP contribution in [0.5, 0.6) is 0 Å². The van der Waals surface area contributed by atoms with Gasteiger partial charge in [-0.15, -0.1) is 0 Å². The maximum Gasteiger partial charge on any atom is 0.317 e. The summed E-state index contributed by atoms with van der Waals surface area (Å²) in [6.07, 6.45) is 4.51. The van der Waals surface area contributed by atoms with Crippen LogP contribution in [0.3, 0.4) is 0 Å². The first-order chi connectivity index (χ1) is 12.1. The van der Waals surface area contributed by atoms with Crippen molar-refractivity contribution in [3.05, 3.63) is 41.5 Å². The number of rotatable bonds is 4. The van der Waals surface area contributed by atoms with Crippen LogP contribution in [0.15, 0.2) is 30.3 Å². The van der Waals surface area contributed by atoms with E-state index in [1.807, 2.05) is 9.80 Å². The van der Waals surface area contributed by atoms with Gasteiger partial charge in [0, 0.05) is 32.3 Å². The normalized spacial score (nSPS) is 21.4. The van der Waals surface area contributed by atoms with Gasteiger partial charge in [-0.05, 0) is 37.3 Å². The average Bonchev–Trinajstić information content (AvgIpc) is 3.06. The van der Waals surface area contributed by atoms with Crippen LogP contribution in [0, 0.1) is 6.92 Å². The van der Waals surface area contributed by atoms with Gasteiger partial charge in [0.15, 0.2) is 0 Å². The molecule has 0 bridgehead atoms. The number of aryl methyl sites for hydroxylation is 1. The lowest BCUT2D eigenvalue weighted by molar-refractivity contribution is -0.127. The van der Waals surface area contributed by atoms with Crippen molar-refractivity contribution in [1.29, 1.82) is 0 Å². The van der Waals surface area contributed by atoms with Gasteiger partial charge in [-0.3, -0.25) is 4.79 Å². The maximum atomic E-state index is 12.8. The van der Waals surface area contributed by atoms with Gasteiger partial charge in [-0.1, -0.05) is 36.8 Å². The van der Waals surface area contributed by atoms with Crippen LogP contribution >= 0.6 is 0 Å². The van der Waals surface area contributed by atoms with Crippen molar-refractivity contribution in [2.45, 2.75) is 39.2 Å². The summed E-state index contributed by atoms with van der Waals surface area (Å²) < 4.78 is 0. The molecule has 25 heavy (non-hydrogen) atoms. The Balaban J connectivity index is 1.70. The average molecular weight is 341 g/mol. The number of carbonyl (C=O) groups excluding carboxylic acids is 2. The van der Waals surface area contributed by atoms with Gasteiger partial charge in [0.1, 0.15) is 0 Å². The van der Waals surface area contributed by atoms with Gasteiger partial charge in [-0.25, -0.2) is 4.79 Å². The molecule has 1 atom stereocenters. The number of hydrogen-bond acceptors (Lipinski definition) is 2. The molecular formula is C20H27N3O2. The van der Waals surface area contributed by atoms with E-state index in [2.05, 4.69) is 43.4 Å². The van der Waals surface area contributed by atoms with E-state index in [-0.39, 0.29) is 18.0 Å². The molecule has 0 saturated carbocycles. The maximum absolute atomic E-state index is 12.8. The summed E-state index contributed by atoms with van der Waals surface area (Å²) in [5, 5.41) is 2.85. The highest BCUT2D eigenvalue weighted by atomic mass is 16.2. The number of allylic oxidation sites excluding steroid dienone is 1. The summed E-state index contributed by atoms with van der Waals surface area (Å²) in [4.78, 5) is 28.4. The van der Waals surface area contributed by atoms with Gasteiger partial charge in [0.05, 0.1) is 6.04 Å². The molecule has 3 rings (SSSR count). The number of hydrogen-bond donors (Lipinski definition) is 1. The van der Waals surface area contributed by atoms with E-state index in [1.54, 1.807) is 6.08 Å². The van der Waals surface area contributed by atoms with Crippen LogP contribution in [0.4, 0.5) is 4.79 Å². The van der Waals surface area contributed by atoms with E-state index < -0.39 is 0 Å². The molecule has 0 aliphatic carbocycles. The number of urea groups is 1. The molecule has 0 unspecified atom stereocenters. The van der Waals surface area contributed by atoms with Gasteiger partial charge in [0.25, 0.3) is 0 Å². The first kappa shape index (κ1) is 17.5. The zero-order chi connectivity index (χ0) is 17.8. The first-order valence-electron chi connectivity index (χ1n) is 9.19. The summed E-state index contributed by atoms with van der Waals surface area (Å²) in [6, 6.07) is 8.44. The second-order valence-corrected chi connectivity index (χ2v) is 6.89. The van der Waals surface area contributed by atoms with Crippen LogP contribution in [0.1, 0.15) is 37.3 Å². The lowest BCUT2D eigenvalue weighted by atomic mass is 10.0. The van der Waals surface area contributed by atoms with Crippen molar-refractivity contribution in [2.75, 3.05) is 26.2 Å². The molecule has 2 saturated heterocycles. The lowest BCUT2D eigenvalue weighted by Gasteiger charge is -2.36. The highest BCUT2D eigenvalue weighted by Crippen LogP contribution is 2.21. The number of nitrogens with one attached hydrogen (secondary N) is 1. The molecule has 5 heteroatoms. The highest BCUT2D eigenvalue weighted by molar-refractivity contribution is 5.95. The zero-order valence-corrected chi connectivity index (χ0v) is 15.1. The molecule has 1 N–H and O–H groups in total. The molecule has 2 aliphatic rings. The second-order valence-electron chi connectivity index (χ2n) is 6.89. The fourth-order valence-corrected chi connectivity index (χ4v) is 3.64. The first-order valence-corrected chi connectivity index (χ1v) is 9.19. The standard InChI is InChI=1S/C20H27N3O2/c1-3-16(17-8-6-15(2)7-9-17)13-19(24)22-11-4-5-18(14-22)23-12-10-21-20(23)25/h6-9,13,18H,3-5,10-12,14H2,1-2H3,(H,21,25)/b16-13+/t18-/m1/s1. The summed E-state index contributed by atoms with van der Waals surface area (Å²) in [6.45, 7) is 6.99. The Bertz CT molecular complexity index is 666. The molecule has 1 aromatic carbocycles. The van der Waals surface area contributed by atoms with Crippen molar-refractivity contribution in [1.82, 2.24) is 15.1 Å². The molecule has 0 aromatic heterocycles. The van der Waals surface area contributed by atoms with Crippen molar-refractivity contribution in [3.63, 3.8) is 0 Å². The van der Waals surface area contributed by atoms with Crippen LogP contribution in [-0.2, 0) is 4.79 Å². The molecule has 134 valence electrons. The van der Waals surface area contributed by atoms with E-state index in [9.17, 15) is 9.59 Å². The molecule has 5 nitrogen and oxygen atoms in total. The Hall–Kier alpha value is -2.30. The lowest BCUT2D eigenvalue weighted by Crippen LogP contribution is -2.50. The van der Waals surface area contributed by atoms with E-state index in [0.29, 0.717) is 13.1 Å². The monoisotopic (exact) mass is 341 g/mol. The number of likely N-dealkylation sites (tertiary alicyclic amines) is 1. The van der Waals surface area contributed by atoms with E-state index >= 15 is 0 Å². The van der Waals surface area contributed by atoms with Gasteiger partial charge >= 0.3 is 6.03 Å². The predicted molar refractivity (Wildman–Crippen MR) is 99.2 cm³/mol. The number of amides is 3. The van der Waals surface area contributed by atoms with Crippen LogP contribution in [-0.4, -0.2) is 54.0 Å². The van der Waals surface area contributed by atoms with Gasteiger partial charge in [-0.2, -0.15) is 0 Å². The Labute approximate surface area is 149 Å². The minimum absolute atomic E-state index is 0.00347. The van der Waals surface area contributed by atoms with Crippen molar-refractivity contribution in [3.8, 4) is 0 Å². The highest BCUT2D eigenvalue weighted by Gasteiger charge is 2.32. The van der Waals surface area contributed by atoms with Gasteiger partial charge < -0.3 is 15.1 Å². The molecule has 0 spiro atoms. The number of carbonyl (C=O) groups is 2. The van der Waals surface area contributed by atoms with Crippen molar-refractivity contribution in [2.24, 2.45) is 0 Å². The number of benzene rings is 1. The van der Waals surface area contributed by atoms with E-state index in [1.165, 1.54) is 5.56 Å². The second kappa shape index (κ2) is 7.72. The Morgan fingerprint density at radius 3 is 2.68 bits per heavy atom. The smallest absolute Gasteiger partial charge is 0.317 e. The minimum Gasteiger partial charge on any atom is -0.337 e. The summed E-state index contributed by atoms with van der Waals surface area (Å²) in [5.41, 5.74) is 3.38. The summed E-state index contributed by atoms with van der Waals surface area (Å²) in [5.74, 6) is 0.0572. The number of piperidine rings is 1. The van der Waals surface area contributed by atoms with Crippen LogP contribution < -0.4 is 5.32 Å². The van der Waals surface area contributed by atoms with Crippen LogP contribution in [0.2, 0.25) is 0 Å². The van der Waals surface area contributed by atoms with Crippen molar-refractivity contribution >= 4 is 17.5 Å². The third kappa shape index (κ3) is 4.03. The zero-order valence-electron chi connectivity index (χ0n) is 15.1. The molecule has 1 aromatic rings. The van der Waals surface area contributed by atoms with Crippen LogP contribution in [0.25, 0.3) is 5.57 Å². The Morgan fingerprint density at radius 1 is 1.28 bits per heavy atom. The van der Waals surface area contributed by atoms with E-state index in [4.69, 9.17) is 0 Å². The largest absolute Gasteiger partial charge is 0.337 e. The molecule has 3 amide bonds. The molecular weight excluding hydrogens is 314 g/mol. The quantitative estimate of drug-likeness (QED) is 0.856. The molecule has 2 aliphatic heterocycles. The molecule has 0 radical (unpaired) electrons. The predicted octanol–water partition coefficient (Wildman–Crippen LogP) is 2.80. The molecule has 2 heterocycles. The van der Waals surface area contributed by atoms with Crippen molar-refractivity contribution < 1.29 is 9.59 Å². The fraction of sp³-hybridized carbons (Fsp3) is 0.500. The number of nitrogens with zero attached hydrogens (tertiary/aromatic N) is 2. The Morgan fingerprint density at radius 2 is 2.04 bits per heavy atom. The van der Waals surface area contributed by atoms with E-state index in [0.717, 1.165) is 43.5 Å². The Kier molecular flexibility index (Phi) is 5.41.